The summed E-state index contributed by atoms with van der Waals surface area (Å²) in [4.78, 5) is 18.0. The molecule has 0 aromatic heterocycles. The summed E-state index contributed by atoms with van der Waals surface area (Å²) in [6, 6.07) is 7.68. The zero-order chi connectivity index (χ0) is 22.2. The molecule has 0 saturated carbocycles. The normalized spacial score (nSPS) is 14.2. The lowest BCUT2D eigenvalue weighted by atomic mass is 10.1. The highest BCUT2D eigenvalue weighted by Crippen LogP contribution is 2.38. The molecule has 0 aliphatic heterocycles. The molecule has 0 bridgehead atoms. The fraction of sp³-hybridized carbons (Fsp3) is 0.591. The van der Waals surface area contributed by atoms with Crippen molar-refractivity contribution in [2.45, 2.75) is 64.1 Å². The highest BCUT2D eigenvalue weighted by Gasteiger charge is 2.41. The average molecular weight is 424 g/mol. The molecule has 0 N–H and O–H groups in total. The van der Waals surface area contributed by atoms with E-state index in [0.29, 0.717) is 13.0 Å². The summed E-state index contributed by atoms with van der Waals surface area (Å²) in [6.07, 6.45) is 1.09. The van der Waals surface area contributed by atoms with Gasteiger partial charge in [0.15, 0.2) is 8.32 Å². The van der Waals surface area contributed by atoms with Gasteiger partial charge >= 0.3 is 0 Å². The minimum atomic E-state index is -2.17. The zero-order valence-corrected chi connectivity index (χ0v) is 20.2. The Balaban J connectivity index is 2.89. The van der Waals surface area contributed by atoms with Crippen LogP contribution < -0.4 is 4.74 Å². The molecule has 164 valence electrons. The molecular weight excluding hydrogens is 386 g/mol. The predicted octanol–water partition coefficient (Wildman–Crippen LogP) is 4.57. The monoisotopic (exact) mass is 423 g/mol. The number of hydrogen-bond donors (Lipinski definition) is 0. The van der Waals surface area contributed by atoms with Gasteiger partial charge in [-0.05, 0) is 35.8 Å². The lowest BCUT2D eigenvalue weighted by Crippen LogP contribution is -2.49. The van der Waals surface area contributed by atoms with Crippen molar-refractivity contribution in [1.82, 2.24) is 5.06 Å². The molecule has 0 aliphatic rings. The van der Waals surface area contributed by atoms with E-state index in [0.717, 1.165) is 11.3 Å². The van der Waals surface area contributed by atoms with E-state index in [1.165, 1.54) is 12.2 Å². The number of rotatable bonds is 11. The van der Waals surface area contributed by atoms with Gasteiger partial charge in [0, 0.05) is 13.5 Å². The third kappa shape index (κ3) is 7.58. The van der Waals surface area contributed by atoms with Gasteiger partial charge in [0.2, 0.25) is 0 Å². The van der Waals surface area contributed by atoms with Gasteiger partial charge in [-0.3, -0.25) is 9.63 Å². The van der Waals surface area contributed by atoms with E-state index in [2.05, 4.69) is 40.4 Å². The van der Waals surface area contributed by atoms with E-state index in [1.807, 2.05) is 24.3 Å². The van der Waals surface area contributed by atoms with Crippen LogP contribution in [0.15, 0.2) is 36.9 Å². The Kier molecular flexibility index (Phi) is 9.55. The Hall–Kier alpha value is -1.67. The van der Waals surface area contributed by atoms with E-state index in [9.17, 15) is 4.79 Å². The van der Waals surface area contributed by atoms with Gasteiger partial charge in [-0.15, -0.1) is 6.58 Å². The maximum atomic E-state index is 12.9. The first-order valence-electron chi connectivity index (χ1n) is 9.81. The average Bonchev–Trinajstić information content (AvgIpc) is 2.68. The van der Waals surface area contributed by atoms with Crippen molar-refractivity contribution in [2.24, 2.45) is 0 Å². The molecule has 6 nitrogen and oxygen atoms in total. The maximum Gasteiger partial charge on any atom is 0.273 e. The van der Waals surface area contributed by atoms with E-state index >= 15 is 0 Å². The summed E-state index contributed by atoms with van der Waals surface area (Å²) >= 11 is 0. The van der Waals surface area contributed by atoms with Crippen LogP contribution in [0.4, 0.5) is 0 Å². The Labute approximate surface area is 176 Å². The van der Waals surface area contributed by atoms with Gasteiger partial charge in [-0.2, -0.15) is 0 Å². The first kappa shape index (κ1) is 25.4. The summed E-state index contributed by atoms with van der Waals surface area (Å²) in [6.45, 7) is 15.0. The predicted molar refractivity (Wildman–Crippen MR) is 118 cm³/mol. The molecule has 0 spiro atoms. The Morgan fingerprint density at radius 1 is 1.21 bits per heavy atom. The molecule has 7 heteroatoms. The number of nitrogens with zero attached hydrogens (tertiary/aromatic N) is 1. The summed E-state index contributed by atoms with van der Waals surface area (Å²) in [5.41, 5.74) is 1.01. The largest absolute Gasteiger partial charge is 0.497 e. The Bertz CT molecular complexity index is 654. The molecule has 1 aromatic rings. The molecule has 2 atom stereocenters. The minimum Gasteiger partial charge on any atom is -0.497 e. The second-order valence-electron chi connectivity index (χ2n) is 8.55. The van der Waals surface area contributed by atoms with Crippen LogP contribution in [0.25, 0.3) is 0 Å². The molecule has 29 heavy (non-hydrogen) atoms. The summed E-state index contributed by atoms with van der Waals surface area (Å²) in [5, 5.41) is 1.19. The van der Waals surface area contributed by atoms with Gasteiger partial charge in [-0.1, -0.05) is 39.0 Å². The van der Waals surface area contributed by atoms with Gasteiger partial charge in [0.1, 0.15) is 11.9 Å². The molecule has 1 aromatic carbocycles. The second kappa shape index (κ2) is 10.9. The van der Waals surface area contributed by atoms with Crippen molar-refractivity contribution >= 4 is 14.2 Å². The lowest BCUT2D eigenvalue weighted by Gasteiger charge is -2.39. The van der Waals surface area contributed by atoms with Gasteiger partial charge < -0.3 is 13.9 Å². The molecule has 0 unspecified atom stereocenters. The van der Waals surface area contributed by atoms with Crippen LogP contribution in [-0.2, 0) is 25.4 Å². The molecule has 0 radical (unpaired) electrons. The van der Waals surface area contributed by atoms with Crippen molar-refractivity contribution < 1.29 is 23.5 Å². The first-order chi connectivity index (χ1) is 13.4. The van der Waals surface area contributed by atoms with E-state index in [-0.39, 0.29) is 17.0 Å². The number of amides is 1. The number of carbonyl (C=O) groups excluding carboxylic acids is 1. The van der Waals surface area contributed by atoms with E-state index < -0.39 is 14.4 Å². The number of ether oxygens (including phenoxy) is 2. The zero-order valence-electron chi connectivity index (χ0n) is 19.2. The van der Waals surface area contributed by atoms with Crippen LogP contribution in [0.3, 0.4) is 0 Å². The van der Waals surface area contributed by atoms with Crippen molar-refractivity contribution in [1.29, 1.82) is 0 Å². The molecule has 0 aliphatic carbocycles. The highest BCUT2D eigenvalue weighted by atomic mass is 28.4. The second-order valence-corrected chi connectivity index (χ2v) is 13.3. The Morgan fingerprint density at radius 2 is 1.79 bits per heavy atom. The summed E-state index contributed by atoms with van der Waals surface area (Å²) in [5.74, 6) is 0.572. The topological polar surface area (TPSA) is 57.2 Å². The van der Waals surface area contributed by atoms with Crippen molar-refractivity contribution in [3.63, 3.8) is 0 Å². The first-order valence-corrected chi connectivity index (χ1v) is 12.7. The molecule has 1 amide bonds. The third-order valence-electron chi connectivity index (χ3n) is 5.44. The number of hydroxylamine groups is 2. The molecule has 0 fully saturated rings. The van der Waals surface area contributed by atoms with Crippen molar-refractivity contribution in [3.05, 3.63) is 42.5 Å². The van der Waals surface area contributed by atoms with Crippen LogP contribution in [0.1, 0.15) is 32.8 Å². The van der Waals surface area contributed by atoms with Gasteiger partial charge in [0.05, 0.1) is 26.9 Å². The van der Waals surface area contributed by atoms with Crippen LogP contribution in [0.5, 0.6) is 5.75 Å². The summed E-state index contributed by atoms with van der Waals surface area (Å²) in [7, 11) is 2.52. The lowest BCUT2D eigenvalue weighted by molar-refractivity contribution is -0.178. The van der Waals surface area contributed by atoms with Crippen LogP contribution in [0, 0.1) is 0 Å². The van der Waals surface area contributed by atoms with Gasteiger partial charge in [0.25, 0.3) is 5.91 Å². The van der Waals surface area contributed by atoms with Crippen LogP contribution in [-0.4, -0.2) is 52.8 Å². The minimum absolute atomic E-state index is 0.0230. The van der Waals surface area contributed by atoms with Crippen molar-refractivity contribution in [3.8, 4) is 5.75 Å². The maximum absolute atomic E-state index is 12.9. The molecule has 0 heterocycles. The van der Waals surface area contributed by atoms with Crippen molar-refractivity contribution in [2.75, 3.05) is 21.3 Å². The summed E-state index contributed by atoms with van der Waals surface area (Å²) < 4.78 is 17.6. The SMILES string of the molecule is C=C[C@H](C[C@H](O[Si](C)(C)C(C)(C)C)C(=O)N(C)OC)OCc1ccc(OC)cc1. The van der Waals surface area contributed by atoms with Gasteiger partial charge in [-0.25, -0.2) is 5.06 Å². The number of likely N-dealkylation sites (N-methyl/N-ethyl adjacent to an activating group) is 1. The number of methoxy groups -OCH3 is 1. The molecule has 1 rings (SSSR count). The molecule has 0 saturated heterocycles. The number of benzene rings is 1. The number of hydrogen-bond acceptors (Lipinski definition) is 5. The standard InChI is InChI=1S/C22H37NO5Si/c1-10-18(27-16-17-11-13-19(25-6)14-12-17)15-20(21(24)23(5)26-7)28-29(8,9)22(2,3)4/h10-14,18,20H,1,15-16H2,2-9H3/t18-,20+/m1/s1. The smallest absolute Gasteiger partial charge is 0.273 e. The third-order valence-corrected chi connectivity index (χ3v) is 9.92. The fourth-order valence-corrected chi connectivity index (χ4v) is 3.65. The molecular formula is C22H37NO5Si. The Morgan fingerprint density at radius 3 is 2.24 bits per heavy atom. The van der Waals surface area contributed by atoms with E-state index in [4.69, 9.17) is 18.7 Å². The van der Waals surface area contributed by atoms with Crippen LogP contribution >= 0.6 is 0 Å². The van der Waals surface area contributed by atoms with Crippen LogP contribution in [0.2, 0.25) is 18.1 Å². The van der Waals surface area contributed by atoms with E-state index in [1.54, 1.807) is 20.2 Å². The quantitative estimate of drug-likeness (QED) is 0.296. The fourth-order valence-electron chi connectivity index (χ4n) is 2.39. The number of carbonyl (C=O) groups is 1. The highest BCUT2D eigenvalue weighted by molar-refractivity contribution is 6.74.